The molecule has 2 aromatic rings. The van der Waals surface area contributed by atoms with E-state index >= 15 is 0 Å². The number of carbonyl (C=O) groups is 2. The van der Waals surface area contributed by atoms with Gasteiger partial charge in [0.25, 0.3) is 16.8 Å². The number of aromatic amines is 1. The molecule has 0 atom stereocenters. The van der Waals surface area contributed by atoms with Crippen molar-refractivity contribution in [2.75, 3.05) is 0 Å². The lowest BCUT2D eigenvalue weighted by Gasteiger charge is -2.12. The summed E-state index contributed by atoms with van der Waals surface area (Å²) in [5.74, 6) is -0.368. The minimum Gasteiger partial charge on any atom is -0.362 e. The highest BCUT2D eigenvalue weighted by Gasteiger charge is 2.35. The molecule has 0 aliphatic carbocycles. The molecule has 0 saturated carbocycles. The Bertz CT molecular complexity index is 797. The van der Waals surface area contributed by atoms with Crippen LogP contribution in [0.3, 0.4) is 0 Å². The lowest BCUT2D eigenvalue weighted by molar-refractivity contribution is -0.384. The zero-order valence-corrected chi connectivity index (χ0v) is 12.6. The topological polar surface area (TPSA) is 96.3 Å². The van der Waals surface area contributed by atoms with Crippen molar-refractivity contribution in [3.8, 4) is 0 Å². The van der Waals surface area contributed by atoms with Crippen molar-refractivity contribution in [2.24, 2.45) is 0 Å². The second kappa shape index (κ2) is 6.09. The van der Waals surface area contributed by atoms with Crippen molar-refractivity contribution in [1.82, 2.24) is 9.88 Å². The van der Waals surface area contributed by atoms with Crippen LogP contribution in [-0.2, 0) is 11.3 Å². The Labute approximate surface area is 135 Å². The van der Waals surface area contributed by atoms with Crippen molar-refractivity contribution >= 4 is 34.7 Å². The average Bonchev–Trinajstić information content (AvgIpc) is 3.12. The first-order valence-electron chi connectivity index (χ1n) is 6.66. The number of aromatic nitrogens is 1. The molecule has 7 nitrogen and oxygen atoms in total. The highest BCUT2D eigenvalue weighted by atomic mass is 32.2. The first-order chi connectivity index (χ1) is 11.0. The fourth-order valence-corrected chi connectivity index (χ4v) is 2.95. The normalized spacial score (nSPS) is 16.3. The summed E-state index contributed by atoms with van der Waals surface area (Å²) in [4.78, 5) is 38.9. The van der Waals surface area contributed by atoms with Gasteiger partial charge < -0.3 is 4.98 Å². The Kier molecular flexibility index (Phi) is 3.98. The molecule has 0 spiro atoms. The molecule has 0 bridgehead atoms. The molecule has 1 aliphatic heterocycles. The maximum Gasteiger partial charge on any atom is 0.293 e. The third-order valence-corrected chi connectivity index (χ3v) is 4.18. The molecule has 1 N–H and O–H groups in total. The Balaban J connectivity index is 1.77. The molecule has 0 radical (unpaired) electrons. The van der Waals surface area contributed by atoms with E-state index in [-0.39, 0.29) is 23.4 Å². The number of hydrogen-bond acceptors (Lipinski definition) is 5. The number of hydrogen-bond donors (Lipinski definition) is 1. The lowest BCUT2D eigenvalue weighted by Crippen LogP contribution is -2.27. The van der Waals surface area contributed by atoms with Crippen molar-refractivity contribution in [2.45, 2.75) is 6.54 Å². The first-order valence-corrected chi connectivity index (χ1v) is 7.48. The van der Waals surface area contributed by atoms with Gasteiger partial charge in [-0.3, -0.25) is 24.6 Å². The fraction of sp³-hybridized carbons (Fsp3) is 0.0667. The molecule has 23 heavy (non-hydrogen) atoms. The molecule has 1 saturated heterocycles. The van der Waals surface area contributed by atoms with Gasteiger partial charge in [-0.25, -0.2) is 0 Å². The Morgan fingerprint density at radius 3 is 2.57 bits per heavy atom. The van der Waals surface area contributed by atoms with Gasteiger partial charge in [-0.1, -0.05) is 12.1 Å². The summed E-state index contributed by atoms with van der Waals surface area (Å²) >= 11 is 0.878. The highest BCUT2D eigenvalue weighted by molar-refractivity contribution is 8.18. The number of nitrogens with zero attached hydrogens (tertiary/aromatic N) is 2. The summed E-state index contributed by atoms with van der Waals surface area (Å²) in [7, 11) is 0. The second-order valence-electron chi connectivity index (χ2n) is 4.82. The van der Waals surface area contributed by atoms with Gasteiger partial charge in [0.15, 0.2) is 0 Å². The maximum absolute atomic E-state index is 12.3. The van der Waals surface area contributed by atoms with E-state index in [1.54, 1.807) is 24.4 Å². The number of benzene rings is 1. The third-order valence-electron chi connectivity index (χ3n) is 3.27. The van der Waals surface area contributed by atoms with Gasteiger partial charge in [0.2, 0.25) is 0 Å². The SMILES string of the molecule is O=C1S/C(=C\c2ccc[nH]2)C(=O)N1Cc1ccc([N+](=O)[O-])cc1. The number of thioether (sulfide) groups is 1. The van der Waals surface area contributed by atoms with E-state index in [1.165, 1.54) is 24.3 Å². The first kappa shape index (κ1) is 15.0. The van der Waals surface area contributed by atoms with Crippen LogP contribution in [0.1, 0.15) is 11.3 Å². The molecule has 8 heteroatoms. The van der Waals surface area contributed by atoms with Crippen LogP contribution in [0, 0.1) is 10.1 Å². The van der Waals surface area contributed by atoms with Gasteiger partial charge in [-0.05, 0) is 35.5 Å². The van der Waals surface area contributed by atoms with E-state index in [0.29, 0.717) is 10.5 Å². The zero-order chi connectivity index (χ0) is 16.4. The van der Waals surface area contributed by atoms with Crippen LogP contribution in [0.5, 0.6) is 0 Å². The van der Waals surface area contributed by atoms with Crippen LogP contribution in [0.2, 0.25) is 0 Å². The quantitative estimate of drug-likeness (QED) is 0.528. The Morgan fingerprint density at radius 2 is 1.96 bits per heavy atom. The molecule has 1 aromatic heterocycles. The summed E-state index contributed by atoms with van der Waals surface area (Å²) in [6.45, 7) is 0.0880. The lowest BCUT2D eigenvalue weighted by atomic mass is 10.2. The molecule has 1 aromatic carbocycles. The van der Waals surface area contributed by atoms with E-state index in [1.807, 2.05) is 0 Å². The van der Waals surface area contributed by atoms with Crippen molar-refractivity contribution in [3.63, 3.8) is 0 Å². The summed E-state index contributed by atoms with van der Waals surface area (Å²) in [6.07, 6.45) is 3.35. The predicted molar refractivity (Wildman–Crippen MR) is 85.4 cm³/mol. The van der Waals surface area contributed by atoms with Gasteiger partial charge in [0.05, 0.1) is 16.4 Å². The number of nitrogens with one attached hydrogen (secondary N) is 1. The van der Waals surface area contributed by atoms with Crippen LogP contribution >= 0.6 is 11.8 Å². The minimum atomic E-state index is -0.497. The zero-order valence-electron chi connectivity index (χ0n) is 11.8. The summed E-state index contributed by atoms with van der Waals surface area (Å²) < 4.78 is 0. The van der Waals surface area contributed by atoms with Crippen LogP contribution in [0.25, 0.3) is 6.08 Å². The molecule has 3 rings (SSSR count). The molecule has 2 heterocycles. The van der Waals surface area contributed by atoms with Gasteiger partial charge in [-0.2, -0.15) is 0 Å². The second-order valence-corrected chi connectivity index (χ2v) is 5.81. The monoisotopic (exact) mass is 329 g/mol. The molecular formula is C15H11N3O4S. The van der Waals surface area contributed by atoms with E-state index in [4.69, 9.17) is 0 Å². The van der Waals surface area contributed by atoms with Crippen LogP contribution in [0.15, 0.2) is 47.5 Å². The molecule has 1 fully saturated rings. The van der Waals surface area contributed by atoms with Crippen LogP contribution in [0.4, 0.5) is 10.5 Å². The summed E-state index contributed by atoms with van der Waals surface area (Å²) in [5, 5.41) is 10.3. The van der Waals surface area contributed by atoms with Crippen molar-refractivity contribution in [3.05, 3.63) is 68.9 Å². The maximum atomic E-state index is 12.3. The number of non-ortho nitro benzene ring substituents is 1. The van der Waals surface area contributed by atoms with Crippen molar-refractivity contribution < 1.29 is 14.5 Å². The number of imide groups is 1. The van der Waals surface area contributed by atoms with Crippen molar-refractivity contribution in [1.29, 1.82) is 0 Å². The van der Waals surface area contributed by atoms with Gasteiger partial charge >= 0.3 is 0 Å². The largest absolute Gasteiger partial charge is 0.362 e. The van der Waals surface area contributed by atoms with Gasteiger partial charge in [-0.15, -0.1) is 0 Å². The number of H-pyrrole nitrogens is 1. The summed E-state index contributed by atoms with van der Waals surface area (Å²) in [5.41, 5.74) is 1.36. The molecule has 116 valence electrons. The van der Waals surface area contributed by atoms with E-state index < -0.39 is 4.92 Å². The predicted octanol–water partition coefficient (Wildman–Crippen LogP) is 3.16. The van der Waals surface area contributed by atoms with Crippen LogP contribution in [-0.4, -0.2) is 26.0 Å². The van der Waals surface area contributed by atoms with Gasteiger partial charge in [0.1, 0.15) is 0 Å². The number of carbonyl (C=O) groups excluding carboxylic acids is 2. The number of nitro benzene ring substituents is 1. The summed E-state index contributed by atoms with van der Waals surface area (Å²) in [6, 6.07) is 9.37. The third kappa shape index (κ3) is 3.16. The molecule has 2 amide bonds. The van der Waals surface area contributed by atoms with Gasteiger partial charge in [0, 0.05) is 24.0 Å². The average molecular weight is 329 g/mol. The standard InChI is InChI=1S/C15H11N3O4S/c19-14-13(8-11-2-1-7-16-11)23-15(20)17(14)9-10-3-5-12(6-4-10)18(21)22/h1-8,16H,9H2/b13-8-. The smallest absolute Gasteiger partial charge is 0.293 e. The Morgan fingerprint density at radius 1 is 1.22 bits per heavy atom. The number of rotatable bonds is 4. The molecular weight excluding hydrogens is 318 g/mol. The van der Waals surface area contributed by atoms with E-state index in [0.717, 1.165) is 22.4 Å². The van der Waals surface area contributed by atoms with Crippen LogP contribution < -0.4 is 0 Å². The van der Waals surface area contributed by atoms with E-state index in [2.05, 4.69) is 4.98 Å². The number of nitro groups is 1. The minimum absolute atomic E-state index is 0.0328. The van der Waals surface area contributed by atoms with E-state index in [9.17, 15) is 19.7 Å². The number of amides is 2. The molecule has 0 unspecified atom stereocenters. The Hall–Kier alpha value is -2.87. The highest BCUT2D eigenvalue weighted by Crippen LogP contribution is 2.33. The molecule has 1 aliphatic rings. The fourth-order valence-electron chi connectivity index (χ4n) is 2.12.